The summed E-state index contributed by atoms with van der Waals surface area (Å²) >= 11 is 5.94. The Morgan fingerprint density at radius 1 is 1.19 bits per heavy atom. The molecule has 6 nitrogen and oxygen atoms in total. The zero-order valence-corrected chi connectivity index (χ0v) is 12.7. The minimum atomic E-state index is -3.29. The molecule has 0 aliphatic heterocycles. The van der Waals surface area contributed by atoms with E-state index in [1.54, 1.807) is 30.3 Å². The summed E-state index contributed by atoms with van der Waals surface area (Å²) in [6, 6.07) is 8.61. The van der Waals surface area contributed by atoms with Gasteiger partial charge in [0.15, 0.2) is 0 Å². The largest absolute Gasteiger partial charge is 0.329 e. The first-order chi connectivity index (χ1) is 9.79. The number of rotatable bonds is 4. The SMILES string of the molecule is CS(=O)(=O)CCn1c(=O)[nH]c(Cl)c(-c2ccccc2)c1=O. The van der Waals surface area contributed by atoms with Crippen LogP contribution in [0.4, 0.5) is 0 Å². The summed E-state index contributed by atoms with van der Waals surface area (Å²) < 4.78 is 23.2. The minimum absolute atomic E-state index is 0.0631. The van der Waals surface area contributed by atoms with E-state index in [9.17, 15) is 18.0 Å². The van der Waals surface area contributed by atoms with Crippen LogP contribution in [0.3, 0.4) is 0 Å². The summed E-state index contributed by atoms with van der Waals surface area (Å²) in [4.78, 5) is 26.5. The lowest BCUT2D eigenvalue weighted by Crippen LogP contribution is -2.37. The average Bonchev–Trinajstić information content (AvgIpc) is 2.37. The molecule has 0 aliphatic carbocycles. The van der Waals surface area contributed by atoms with Gasteiger partial charge < -0.3 is 0 Å². The van der Waals surface area contributed by atoms with Crippen molar-refractivity contribution in [1.82, 2.24) is 9.55 Å². The maximum atomic E-state index is 12.4. The molecule has 1 aromatic carbocycles. The van der Waals surface area contributed by atoms with Crippen molar-refractivity contribution >= 4 is 21.4 Å². The van der Waals surface area contributed by atoms with Crippen molar-refractivity contribution in [1.29, 1.82) is 0 Å². The van der Waals surface area contributed by atoms with E-state index in [-0.39, 0.29) is 23.0 Å². The Morgan fingerprint density at radius 3 is 2.38 bits per heavy atom. The zero-order chi connectivity index (χ0) is 15.6. The maximum Gasteiger partial charge on any atom is 0.329 e. The van der Waals surface area contributed by atoms with E-state index in [1.165, 1.54) is 0 Å². The summed E-state index contributed by atoms with van der Waals surface area (Å²) in [5.74, 6) is -0.300. The van der Waals surface area contributed by atoms with Gasteiger partial charge in [0, 0.05) is 12.8 Å². The van der Waals surface area contributed by atoms with Gasteiger partial charge in [-0.2, -0.15) is 0 Å². The van der Waals surface area contributed by atoms with Crippen molar-refractivity contribution < 1.29 is 8.42 Å². The van der Waals surface area contributed by atoms with Crippen LogP contribution < -0.4 is 11.2 Å². The highest BCUT2D eigenvalue weighted by Gasteiger charge is 2.15. The van der Waals surface area contributed by atoms with Crippen LogP contribution in [0.1, 0.15) is 0 Å². The van der Waals surface area contributed by atoms with Gasteiger partial charge >= 0.3 is 5.69 Å². The highest BCUT2D eigenvalue weighted by Crippen LogP contribution is 2.20. The molecule has 1 N–H and O–H groups in total. The fourth-order valence-electron chi connectivity index (χ4n) is 1.86. The third kappa shape index (κ3) is 3.62. The molecule has 112 valence electrons. The molecule has 1 aromatic heterocycles. The normalized spacial score (nSPS) is 11.5. The molecule has 21 heavy (non-hydrogen) atoms. The molecule has 2 aromatic rings. The minimum Gasteiger partial charge on any atom is -0.297 e. The number of hydrogen-bond acceptors (Lipinski definition) is 4. The van der Waals surface area contributed by atoms with Crippen LogP contribution >= 0.6 is 11.6 Å². The summed E-state index contributed by atoms with van der Waals surface area (Å²) in [5.41, 5.74) is -0.644. The average molecular weight is 329 g/mol. The zero-order valence-electron chi connectivity index (χ0n) is 11.2. The number of sulfone groups is 1. The van der Waals surface area contributed by atoms with Gasteiger partial charge in [0.1, 0.15) is 15.0 Å². The summed E-state index contributed by atoms with van der Waals surface area (Å²) in [6.07, 6.45) is 1.04. The number of aromatic amines is 1. The Hall–Kier alpha value is -1.86. The van der Waals surface area contributed by atoms with E-state index >= 15 is 0 Å². The lowest BCUT2D eigenvalue weighted by molar-refractivity contribution is 0.589. The number of nitrogens with one attached hydrogen (secondary N) is 1. The number of halogens is 1. The molecule has 0 bridgehead atoms. The van der Waals surface area contributed by atoms with Crippen molar-refractivity contribution in [3.63, 3.8) is 0 Å². The molecular weight excluding hydrogens is 316 g/mol. The predicted octanol–water partition coefficient (Wildman–Crippen LogP) is 0.902. The fraction of sp³-hybridized carbons (Fsp3) is 0.231. The summed E-state index contributed by atoms with van der Waals surface area (Å²) in [6.45, 7) is -0.218. The molecule has 8 heteroatoms. The molecule has 0 spiro atoms. The van der Waals surface area contributed by atoms with E-state index in [2.05, 4.69) is 4.98 Å². The highest BCUT2D eigenvalue weighted by atomic mass is 35.5. The second-order valence-electron chi connectivity index (χ2n) is 4.57. The van der Waals surface area contributed by atoms with Gasteiger partial charge in [-0.25, -0.2) is 13.2 Å². The molecule has 1 heterocycles. The van der Waals surface area contributed by atoms with Crippen molar-refractivity contribution in [3.8, 4) is 11.1 Å². The molecule has 0 saturated carbocycles. The van der Waals surface area contributed by atoms with E-state index in [4.69, 9.17) is 11.6 Å². The molecule has 0 radical (unpaired) electrons. The Kier molecular flexibility index (Phi) is 4.34. The topological polar surface area (TPSA) is 89.0 Å². The number of nitrogens with zero attached hydrogens (tertiary/aromatic N) is 1. The quantitative estimate of drug-likeness (QED) is 0.844. The van der Waals surface area contributed by atoms with Crippen LogP contribution in [0.5, 0.6) is 0 Å². The molecule has 0 atom stereocenters. The summed E-state index contributed by atoms with van der Waals surface area (Å²) in [7, 11) is -3.29. The monoisotopic (exact) mass is 328 g/mol. The van der Waals surface area contributed by atoms with Crippen LogP contribution in [0.15, 0.2) is 39.9 Å². The van der Waals surface area contributed by atoms with Crippen molar-refractivity contribution in [2.45, 2.75) is 6.54 Å². The molecule has 0 amide bonds. The van der Waals surface area contributed by atoms with Crippen LogP contribution in [0, 0.1) is 0 Å². The first kappa shape index (κ1) is 15.5. The predicted molar refractivity (Wildman–Crippen MR) is 81.5 cm³/mol. The lowest BCUT2D eigenvalue weighted by atomic mass is 10.1. The summed E-state index contributed by atoms with van der Waals surface area (Å²) in [5, 5.41) is -0.0631. The van der Waals surface area contributed by atoms with Crippen molar-refractivity contribution in [2.75, 3.05) is 12.0 Å². The number of hydrogen-bond donors (Lipinski definition) is 1. The van der Waals surface area contributed by atoms with Gasteiger partial charge in [-0.3, -0.25) is 14.3 Å². The second kappa shape index (κ2) is 5.87. The number of aromatic nitrogens is 2. The van der Waals surface area contributed by atoms with Crippen molar-refractivity contribution in [2.24, 2.45) is 0 Å². The van der Waals surface area contributed by atoms with Gasteiger partial charge in [0.25, 0.3) is 5.56 Å². The van der Waals surface area contributed by atoms with Gasteiger partial charge in [-0.1, -0.05) is 41.9 Å². The van der Waals surface area contributed by atoms with Crippen LogP contribution in [-0.2, 0) is 16.4 Å². The van der Waals surface area contributed by atoms with Gasteiger partial charge in [-0.15, -0.1) is 0 Å². The molecular formula is C13H13ClN2O4S. The first-order valence-electron chi connectivity index (χ1n) is 6.05. The molecule has 0 unspecified atom stereocenters. The van der Waals surface area contributed by atoms with E-state index < -0.39 is 21.1 Å². The third-order valence-corrected chi connectivity index (χ3v) is 4.10. The van der Waals surface area contributed by atoms with Crippen molar-refractivity contribution in [3.05, 3.63) is 56.3 Å². The lowest BCUT2D eigenvalue weighted by Gasteiger charge is -2.08. The van der Waals surface area contributed by atoms with Crippen LogP contribution in [-0.4, -0.2) is 30.0 Å². The van der Waals surface area contributed by atoms with E-state index in [1.807, 2.05) is 0 Å². The Labute approximate surface area is 125 Å². The first-order valence-corrected chi connectivity index (χ1v) is 8.49. The van der Waals surface area contributed by atoms with Gasteiger partial charge in [-0.05, 0) is 5.56 Å². The Balaban J connectivity index is 2.59. The Bertz CT molecular complexity index is 869. The molecule has 0 aliphatic rings. The third-order valence-electron chi connectivity index (χ3n) is 2.89. The smallest absolute Gasteiger partial charge is 0.297 e. The second-order valence-corrected chi connectivity index (χ2v) is 7.21. The standard InChI is InChI=1S/C13H13ClN2O4S/c1-21(19,20)8-7-16-12(17)10(11(14)15-13(16)18)9-5-3-2-4-6-9/h2-6H,7-8H2,1H3,(H,15,18). The maximum absolute atomic E-state index is 12.4. The highest BCUT2D eigenvalue weighted by molar-refractivity contribution is 7.90. The number of benzene rings is 1. The Morgan fingerprint density at radius 2 is 1.81 bits per heavy atom. The number of H-pyrrole nitrogens is 1. The molecule has 0 fully saturated rings. The van der Waals surface area contributed by atoms with Crippen LogP contribution in [0.25, 0.3) is 11.1 Å². The van der Waals surface area contributed by atoms with Gasteiger partial charge in [0.2, 0.25) is 0 Å². The van der Waals surface area contributed by atoms with Gasteiger partial charge in [0.05, 0.1) is 11.3 Å². The molecule has 2 rings (SSSR count). The fourth-order valence-corrected chi connectivity index (χ4v) is 2.65. The molecule has 0 saturated heterocycles. The van der Waals surface area contributed by atoms with Crippen LogP contribution in [0.2, 0.25) is 5.15 Å². The van der Waals surface area contributed by atoms with E-state index in [0.717, 1.165) is 10.8 Å². The van der Waals surface area contributed by atoms with E-state index in [0.29, 0.717) is 5.56 Å².